The Kier molecular flexibility index (Phi) is 3.87. The van der Waals surface area contributed by atoms with E-state index in [0.29, 0.717) is 5.54 Å². The molecule has 2 rings (SSSR count). The minimum Gasteiger partial charge on any atom is -0.335 e. The van der Waals surface area contributed by atoms with Crippen LogP contribution in [-0.4, -0.2) is 21.6 Å². The Hall–Kier alpha value is -0.830. The van der Waals surface area contributed by atoms with Crippen LogP contribution in [0.5, 0.6) is 0 Å². The molecule has 96 valence electrons. The van der Waals surface area contributed by atoms with Crippen molar-refractivity contribution >= 4 is 0 Å². The molecule has 0 aliphatic carbocycles. The number of imidazole rings is 1. The van der Waals surface area contributed by atoms with Gasteiger partial charge in [0.2, 0.25) is 0 Å². The predicted molar refractivity (Wildman–Crippen MR) is 71.0 cm³/mol. The summed E-state index contributed by atoms with van der Waals surface area (Å²) in [5.74, 6) is 0.749. The molecule has 1 aliphatic heterocycles. The number of nitrogens with zero attached hydrogens (tertiary/aromatic N) is 2. The molecule has 2 heterocycles. The first-order valence-corrected chi connectivity index (χ1v) is 6.89. The fourth-order valence-corrected chi connectivity index (χ4v) is 3.17. The smallest absolute Gasteiger partial charge is 0.0948 e. The van der Waals surface area contributed by atoms with Crippen molar-refractivity contribution in [3.63, 3.8) is 0 Å². The maximum atomic E-state index is 4.28. The van der Waals surface area contributed by atoms with Crippen LogP contribution in [0.15, 0.2) is 12.5 Å². The minimum absolute atomic E-state index is 0.321. The summed E-state index contributed by atoms with van der Waals surface area (Å²) in [7, 11) is 0. The topological polar surface area (TPSA) is 29.9 Å². The fraction of sp³-hybridized carbons (Fsp3) is 0.786. The number of nitrogens with one attached hydrogen (secondary N) is 1. The van der Waals surface area contributed by atoms with Crippen LogP contribution in [0.25, 0.3) is 0 Å². The molecule has 1 unspecified atom stereocenters. The Labute approximate surface area is 105 Å². The molecule has 3 heteroatoms. The van der Waals surface area contributed by atoms with Crippen molar-refractivity contribution in [2.24, 2.45) is 5.92 Å². The lowest BCUT2D eigenvalue weighted by molar-refractivity contribution is 0.296. The highest BCUT2D eigenvalue weighted by Crippen LogP contribution is 2.30. The van der Waals surface area contributed by atoms with Gasteiger partial charge in [-0.05, 0) is 38.6 Å². The highest BCUT2D eigenvalue weighted by Gasteiger charge is 2.34. The van der Waals surface area contributed by atoms with E-state index in [0.717, 1.165) is 18.9 Å². The third kappa shape index (κ3) is 2.89. The summed E-state index contributed by atoms with van der Waals surface area (Å²) in [6.45, 7) is 9.01. The van der Waals surface area contributed by atoms with Gasteiger partial charge < -0.3 is 9.88 Å². The quantitative estimate of drug-likeness (QED) is 0.850. The van der Waals surface area contributed by atoms with Crippen LogP contribution < -0.4 is 5.32 Å². The summed E-state index contributed by atoms with van der Waals surface area (Å²) in [4.78, 5) is 4.28. The minimum atomic E-state index is 0.321. The average molecular weight is 235 g/mol. The van der Waals surface area contributed by atoms with Gasteiger partial charge in [-0.2, -0.15) is 0 Å². The van der Waals surface area contributed by atoms with Gasteiger partial charge in [-0.1, -0.05) is 13.8 Å². The predicted octanol–water partition coefficient (Wildman–Crippen LogP) is 2.61. The first kappa shape index (κ1) is 12.6. The first-order chi connectivity index (χ1) is 8.15. The molecule has 0 radical (unpaired) electrons. The van der Waals surface area contributed by atoms with Crippen LogP contribution in [-0.2, 0) is 13.0 Å². The van der Waals surface area contributed by atoms with Gasteiger partial charge in [0.05, 0.1) is 6.33 Å². The molecule has 0 amide bonds. The van der Waals surface area contributed by atoms with Crippen molar-refractivity contribution in [1.82, 2.24) is 14.9 Å². The molecule has 1 fully saturated rings. The molecule has 0 bridgehead atoms. The maximum Gasteiger partial charge on any atom is 0.0948 e. The van der Waals surface area contributed by atoms with Crippen molar-refractivity contribution in [3.05, 3.63) is 18.2 Å². The summed E-state index contributed by atoms with van der Waals surface area (Å²) in [5.41, 5.74) is 1.70. The molecular formula is C14H25N3. The summed E-state index contributed by atoms with van der Waals surface area (Å²) >= 11 is 0. The van der Waals surface area contributed by atoms with Crippen LogP contribution in [0.1, 0.15) is 45.7 Å². The zero-order valence-electron chi connectivity index (χ0n) is 11.4. The largest absolute Gasteiger partial charge is 0.335 e. The number of aryl methyl sites for hydroxylation is 1. The third-order valence-electron chi connectivity index (χ3n) is 3.79. The van der Waals surface area contributed by atoms with Crippen LogP contribution in [0, 0.1) is 5.92 Å². The number of hydrogen-bond donors (Lipinski definition) is 1. The van der Waals surface area contributed by atoms with Gasteiger partial charge >= 0.3 is 0 Å². The van der Waals surface area contributed by atoms with Gasteiger partial charge in [-0.15, -0.1) is 0 Å². The zero-order valence-corrected chi connectivity index (χ0v) is 11.4. The van der Waals surface area contributed by atoms with Gasteiger partial charge in [0.25, 0.3) is 0 Å². The molecule has 17 heavy (non-hydrogen) atoms. The average Bonchev–Trinajstić information content (AvgIpc) is 2.87. The fourth-order valence-electron chi connectivity index (χ4n) is 3.17. The molecule has 1 aliphatic rings. The van der Waals surface area contributed by atoms with E-state index in [1.54, 1.807) is 0 Å². The van der Waals surface area contributed by atoms with Crippen molar-refractivity contribution in [3.8, 4) is 0 Å². The van der Waals surface area contributed by atoms with Gasteiger partial charge in [-0.25, -0.2) is 4.98 Å². The van der Waals surface area contributed by atoms with Crippen molar-refractivity contribution in [2.45, 2.75) is 58.5 Å². The summed E-state index contributed by atoms with van der Waals surface area (Å²) in [6, 6.07) is 0. The second-order valence-corrected chi connectivity index (χ2v) is 5.76. The van der Waals surface area contributed by atoms with E-state index < -0.39 is 0 Å². The van der Waals surface area contributed by atoms with Crippen LogP contribution in [0.4, 0.5) is 0 Å². The Morgan fingerprint density at radius 2 is 2.35 bits per heavy atom. The molecule has 1 aromatic heterocycles. The lowest BCUT2D eigenvalue weighted by atomic mass is 9.83. The van der Waals surface area contributed by atoms with Crippen LogP contribution in [0.3, 0.4) is 0 Å². The number of hydrogen-bond acceptors (Lipinski definition) is 2. The lowest BCUT2D eigenvalue weighted by Gasteiger charge is -2.31. The SMILES string of the molecule is CCn1cncc1CC1(CC(C)C)CCCN1. The molecule has 0 saturated carbocycles. The Balaban J connectivity index is 2.12. The molecule has 3 nitrogen and oxygen atoms in total. The molecule has 1 aromatic rings. The summed E-state index contributed by atoms with van der Waals surface area (Å²) in [5, 5.41) is 3.75. The van der Waals surface area contributed by atoms with E-state index in [1.807, 2.05) is 12.5 Å². The molecule has 1 saturated heterocycles. The standard InChI is InChI=1S/C14H25N3/c1-4-17-11-15-10-13(17)9-14(8-12(2)3)6-5-7-16-14/h10-12,16H,4-9H2,1-3H3. The first-order valence-electron chi connectivity index (χ1n) is 6.89. The molecule has 0 aromatic carbocycles. The van der Waals surface area contributed by atoms with Crippen molar-refractivity contribution in [1.29, 1.82) is 0 Å². The summed E-state index contributed by atoms with van der Waals surface area (Å²) < 4.78 is 2.27. The molecule has 0 spiro atoms. The van der Waals surface area contributed by atoms with Crippen molar-refractivity contribution < 1.29 is 0 Å². The van der Waals surface area contributed by atoms with E-state index >= 15 is 0 Å². The van der Waals surface area contributed by atoms with Crippen LogP contribution >= 0.6 is 0 Å². The summed E-state index contributed by atoms with van der Waals surface area (Å²) in [6.07, 6.45) is 8.99. The number of rotatable bonds is 5. The monoisotopic (exact) mass is 235 g/mol. The Bertz CT molecular complexity index is 348. The Morgan fingerprint density at radius 1 is 1.53 bits per heavy atom. The van der Waals surface area contributed by atoms with Crippen LogP contribution in [0.2, 0.25) is 0 Å². The maximum absolute atomic E-state index is 4.28. The normalized spacial score (nSPS) is 24.7. The second-order valence-electron chi connectivity index (χ2n) is 5.76. The second kappa shape index (κ2) is 5.21. The Morgan fingerprint density at radius 3 is 2.94 bits per heavy atom. The van der Waals surface area contributed by atoms with E-state index in [2.05, 4.69) is 35.6 Å². The van der Waals surface area contributed by atoms with Gasteiger partial charge in [0.15, 0.2) is 0 Å². The number of aromatic nitrogens is 2. The van der Waals surface area contributed by atoms with Crippen molar-refractivity contribution in [2.75, 3.05) is 6.54 Å². The molecule has 1 atom stereocenters. The van der Waals surface area contributed by atoms with Gasteiger partial charge in [0.1, 0.15) is 0 Å². The van der Waals surface area contributed by atoms with Gasteiger partial charge in [0, 0.05) is 30.4 Å². The highest BCUT2D eigenvalue weighted by atomic mass is 15.1. The highest BCUT2D eigenvalue weighted by molar-refractivity contribution is 5.08. The van der Waals surface area contributed by atoms with E-state index in [9.17, 15) is 0 Å². The molecular weight excluding hydrogens is 210 g/mol. The molecule has 1 N–H and O–H groups in total. The van der Waals surface area contributed by atoms with E-state index in [4.69, 9.17) is 0 Å². The third-order valence-corrected chi connectivity index (χ3v) is 3.79. The van der Waals surface area contributed by atoms with E-state index in [1.165, 1.54) is 31.5 Å². The zero-order chi connectivity index (χ0) is 12.3. The van der Waals surface area contributed by atoms with E-state index in [-0.39, 0.29) is 0 Å². The van der Waals surface area contributed by atoms with Gasteiger partial charge in [-0.3, -0.25) is 0 Å². The lowest BCUT2D eigenvalue weighted by Crippen LogP contribution is -2.43.